The van der Waals surface area contributed by atoms with E-state index in [4.69, 9.17) is 9.47 Å². The maximum absolute atomic E-state index is 12.6. The number of nitrogens with one attached hydrogen (secondary N) is 1. The van der Waals surface area contributed by atoms with Crippen molar-refractivity contribution in [3.8, 4) is 11.5 Å². The highest BCUT2D eigenvalue weighted by atomic mass is 32.1. The van der Waals surface area contributed by atoms with E-state index in [1.165, 1.54) is 11.3 Å². The van der Waals surface area contributed by atoms with E-state index in [-0.39, 0.29) is 18.6 Å². The number of thiophene rings is 1. The van der Waals surface area contributed by atoms with Crippen LogP contribution in [0, 0.1) is 0 Å². The second kappa shape index (κ2) is 6.33. The molecule has 2 heterocycles. The molecule has 0 radical (unpaired) electrons. The number of benzene rings is 1. The van der Waals surface area contributed by atoms with Crippen LogP contribution in [0.1, 0.15) is 23.5 Å². The first-order chi connectivity index (χ1) is 11.1. The summed E-state index contributed by atoms with van der Waals surface area (Å²) in [5, 5.41) is 14.6. The minimum atomic E-state index is -0.282. The molecule has 0 atom stereocenters. The number of ether oxygens (including phenoxy) is 2. The monoisotopic (exact) mass is 332 g/mol. The number of carbonyl (C=O) groups excluding carboxylic acids is 1. The lowest BCUT2D eigenvalue weighted by Gasteiger charge is -2.11. The predicted octanol–water partition coefficient (Wildman–Crippen LogP) is 3.21. The van der Waals surface area contributed by atoms with Crippen LogP contribution < -0.4 is 14.8 Å². The molecule has 0 fully saturated rings. The summed E-state index contributed by atoms with van der Waals surface area (Å²) in [6, 6.07) is 5.65. The Balaban J connectivity index is 2.05. The zero-order valence-corrected chi connectivity index (χ0v) is 13.8. The minimum Gasteiger partial charge on any atom is -0.495 e. The maximum atomic E-state index is 12.6. The topological polar surface area (TPSA) is 84.6 Å². The van der Waals surface area contributed by atoms with E-state index in [1.54, 1.807) is 7.11 Å². The molecule has 0 saturated carbocycles. The smallest absolute Gasteiger partial charge is 0.270 e. The van der Waals surface area contributed by atoms with Gasteiger partial charge in [0.15, 0.2) is 11.6 Å². The normalized spacial score (nSPS) is 13.5. The largest absolute Gasteiger partial charge is 0.495 e. The van der Waals surface area contributed by atoms with Gasteiger partial charge in [-0.05, 0) is 31.2 Å². The molecular formula is C15H16N4O3S. The van der Waals surface area contributed by atoms with Crippen molar-refractivity contribution >= 4 is 33.2 Å². The van der Waals surface area contributed by atoms with Gasteiger partial charge in [-0.2, -0.15) is 5.11 Å². The molecule has 1 aliphatic heterocycles. The third kappa shape index (κ3) is 3.02. The molecule has 23 heavy (non-hydrogen) atoms. The van der Waals surface area contributed by atoms with Crippen molar-refractivity contribution in [2.45, 2.75) is 20.0 Å². The summed E-state index contributed by atoms with van der Waals surface area (Å²) in [7, 11) is 1.60. The Bertz CT molecular complexity index is 810. The zero-order chi connectivity index (χ0) is 16.4. The second-order valence-corrected chi connectivity index (χ2v) is 6.17. The van der Waals surface area contributed by atoms with Gasteiger partial charge in [-0.25, -0.2) is 0 Å². The van der Waals surface area contributed by atoms with Crippen LogP contribution in [-0.2, 0) is 0 Å². The predicted molar refractivity (Wildman–Crippen MR) is 88.8 cm³/mol. The van der Waals surface area contributed by atoms with Crippen molar-refractivity contribution in [3.63, 3.8) is 0 Å². The maximum Gasteiger partial charge on any atom is 0.270 e. The van der Waals surface area contributed by atoms with E-state index in [0.29, 0.717) is 22.2 Å². The Kier molecular flexibility index (Phi) is 4.24. The van der Waals surface area contributed by atoms with Gasteiger partial charge >= 0.3 is 0 Å². The van der Waals surface area contributed by atoms with E-state index in [2.05, 4.69) is 20.8 Å². The second-order valence-electron chi connectivity index (χ2n) is 5.15. The fourth-order valence-electron chi connectivity index (χ4n) is 2.20. The Morgan fingerprint density at radius 1 is 1.39 bits per heavy atom. The van der Waals surface area contributed by atoms with Crippen molar-refractivity contribution in [2.75, 3.05) is 13.7 Å². The van der Waals surface area contributed by atoms with Crippen molar-refractivity contribution in [2.24, 2.45) is 15.4 Å². The number of carbonyl (C=O) groups is 1. The fourth-order valence-corrected chi connectivity index (χ4v) is 3.32. The number of hydrogen-bond donors (Lipinski definition) is 1. The molecule has 8 heteroatoms. The van der Waals surface area contributed by atoms with Gasteiger partial charge in [0, 0.05) is 5.39 Å². The van der Waals surface area contributed by atoms with Crippen LogP contribution in [0.4, 0.5) is 0 Å². The number of methoxy groups -OCH3 is 1. The molecule has 120 valence electrons. The lowest BCUT2D eigenvalue weighted by molar-refractivity contribution is 0.0976. The summed E-state index contributed by atoms with van der Waals surface area (Å²) < 4.78 is 12.1. The van der Waals surface area contributed by atoms with E-state index < -0.39 is 0 Å². The van der Waals surface area contributed by atoms with Crippen molar-refractivity contribution in [1.29, 1.82) is 0 Å². The molecule has 2 aromatic rings. The van der Waals surface area contributed by atoms with Gasteiger partial charge in [0.2, 0.25) is 0 Å². The van der Waals surface area contributed by atoms with Crippen LogP contribution in [0.5, 0.6) is 11.5 Å². The van der Waals surface area contributed by atoms with Gasteiger partial charge in [0.1, 0.15) is 17.2 Å². The molecule has 0 bridgehead atoms. The third-order valence-corrected chi connectivity index (χ3v) is 4.32. The third-order valence-electron chi connectivity index (χ3n) is 3.12. The average molecular weight is 332 g/mol. The summed E-state index contributed by atoms with van der Waals surface area (Å²) in [6.45, 7) is 4.12. The van der Waals surface area contributed by atoms with Gasteiger partial charge in [-0.15, -0.1) is 16.4 Å². The number of rotatable bonds is 4. The fraction of sp³-hybridized carbons (Fsp3) is 0.333. The van der Waals surface area contributed by atoms with Crippen LogP contribution >= 0.6 is 11.3 Å². The number of amidine groups is 1. The van der Waals surface area contributed by atoms with Gasteiger partial charge in [0.05, 0.1) is 17.9 Å². The zero-order valence-electron chi connectivity index (χ0n) is 13.0. The highest BCUT2D eigenvalue weighted by Gasteiger charge is 2.24. The van der Waals surface area contributed by atoms with E-state index in [1.807, 2.05) is 32.0 Å². The average Bonchev–Trinajstić information content (AvgIpc) is 3.14. The standard InChI is InChI=1S/C15H16N4O3S/c1-8(2)22-12-9-5-4-6-10(21-3)13(9)23-14(12)15(20)17-11-7-16-19-18-11/h4-6,8H,7H2,1-3H3,(H,16,17,18,20). The van der Waals surface area contributed by atoms with Gasteiger partial charge in [-0.1, -0.05) is 6.07 Å². The summed E-state index contributed by atoms with van der Waals surface area (Å²) in [5.74, 6) is 1.41. The molecule has 0 aliphatic carbocycles. The Morgan fingerprint density at radius 3 is 2.87 bits per heavy atom. The minimum absolute atomic E-state index is 0.0561. The molecule has 1 aromatic carbocycles. The Morgan fingerprint density at radius 2 is 2.22 bits per heavy atom. The number of nitrogens with zero attached hydrogens (tertiary/aromatic N) is 3. The van der Waals surface area contributed by atoms with Crippen LogP contribution in [-0.4, -0.2) is 31.5 Å². The van der Waals surface area contributed by atoms with Crippen LogP contribution in [0.3, 0.4) is 0 Å². The van der Waals surface area contributed by atoms with E-state index >= 15 is 0 Å². The molecule has 1 amide bonds. The van der Waals surface area contributed by atoms with Crippen molar-refractivity contribution in [1.82, 2.24) is 5.32 Å². The molecular weight excluding hydrogens is 316 g/mol. The highest BCUT2D eigenvalue weighted by molar-refractivity contribution is 7.21. The first kappa shape index (κ1) is 15.4. The summed E-state index contributed by atoms with van der Waals surface area (Å²) in [5.41, 5.74) is 0. The van der Waals surface area contributed by atoms with E-state index in [9.17, 15) is 4.79 Å². The van der Waals surface area contributed by atoms with Crippen LogP contribution in [0.2, 0.25) is 0 Å². The SMILES string of the molecule is COc1cccc2c(OC(C)C)c(C(=O)NC3=NN=NC3)sc12. The van der Waals surface area contributed by atoms with Crippen molar-refractivity contribution < 1.29 is 14.3 Å². The molecule has 1 N–H and O–H groups in total. The first-order valence-corrected chi connectivity index (χ1v) is 7.92. The van der Waals surface area contributed by atoms with Crippen molar-refractivity contribution in [3.05, 3.63) is 23.1 Å². The number of amides is 1. The number of hydrogen-bond acceptors (Lipinski definition) is 7. The molecule has 1 aromatic heterocycles. The quantitative estimate of drug-likeness (QED) is 0.933. The lowest BCUT2D eigenvalue weighted by Crippen LogP contribution is -2.31. The van der Waals surface area contributed by atoms with Gasteiger partial charge in [0.25, 0.3) is 5.91 Å². The Labute approximate surface area is 137 Å². The van der Waals surface area contributed by atoms with Gasteiger partial charge < -0.3 is 14.8 Å². The summed E-state index contributed by atoms with van der Waals surface area (Å²) in [4.78, 5) is 13.1. The highest BCUT2D eigenvalue weighted by Crippen LogP contribution is 2.42. The number of fused-ring (bicyclic) bond motifs is 1. The molecule has 3 rings (SSSR count). The van der Waals surface area contributed by atoms with Crippen LogP contribution in [0.15, 0.2) is 33.6 Å². The summed E-state index contributed by atoms with van der Waals surface area (Å²) in [6.07, 6.45) is -0.0561. The molecule has 1 aliphatic rings. The lowest BCUT2D eigenvalue weighted by atomic mass is 10.2. The molecule has 0 saturated heterocycles. The van der Waals surface area contributed by atoms with Crippen LogP contribution in [0.25, 0.3) is 10.1 Å². The first-order valence-electron chi connectivity index (χ1n) is 7.11. The molecule has 0 spiro atoms. The summed E-state index contributed by atoms with van der Waals surface area (Å²) >= 11 is 1.33. The van der Waals surface area contributed by atoms with Gasteiger partial charge in [-0.3, -0.25) is 4.79 Å². The van der Waals surface area contributed by atoms with E-state index in [0.717, 1.165) is 10.1 Å². The Hall–Kier alpha value is -2.48. The molecule has 0 unspecified atom stereocenters. The molecule has 7 nitrogen and oxygen atoms in total.